The second-order valence-electron chi connectivity index (χ2n) is 5.63. The fourth-order valence-corrected chi connectivity index (χ4v) is 2.63. The van der Waals surface area contributed by atoms with Gasteiger partial charge in [-0.1, -0.05) is 24.3 Å². The van der Waals surface area contributed by atoms with Crippen LogP contribution in [0.5, 0.6) is 11.5 Å². The molecule has 128 valence electrons. The summed E-state index contributed by atoms with van der Waals surface area (Å²) in [6.07, 6.45) is -0.361. The molecular formula is C20H19NO4. The first kappa shape index (κ1) is 16.6. The van der Waals surface area contributed by atoms with Gasteiger partial charge < -0.3 is 19.9 Å². The topological polar surface area (TPSA) is 67.8 Å². The lowest BCUT2D eigenvalue weighted by Crippen LogP contribution is -2.23. The van der Waals surface area contributed by atoms with E-state index in [1.165, 1.54) is 7.11 Å². The molecule has 0 saturated heterocycles. The molecule has 0 spiro atoms. The first-order chi connectivity index (χ1) is 12.1. The molecular weight excluding hydrogens is 318 g/mol. The Hall–Kier alpha value is -3.21. The lowest BCUT2D eigenvalue weighted by atomic mass is 10.1. The molecule has 0 aliphatic rings. The number of methoxy groups -OCH3 is 1. The number of nitrogens with one attached hydrogen (secondary N) is 1. The molecule has 0 aliphatic heterocycles. The van der Waals surface area contributed by atoms with E-state index in [1.807, 2.05) is 37.3 Å². The maximum absolute atomic E-state index is 11.8. The standard InChI is InChI=1S/C20H19NO4/c1-13(21-19-6-4-3-5-18(19)20(23)24-2)25-17-10-8-14-11-16(22)9-7-15(14)12-17/h3-13,21-22H,1-2H3. The molecule has 5 nitrogen and oxygen atoms in total. The second kappa shape index (κ2) is 7.13. The summed E-state index contributed by atoms with van der Waals surface area (Å²) in [4.78, 5) is 11.8. The van der Waals surface area contributed by atoms with Gasteiger partial charge in [0.15, 0.2) is 6.23 Å². The van der Waals surface area contributed by atoms with Crippen molar-refractivity contribution in [2.75, 3.05) is 12.4 Å². The normalized spacial score (nSPS) is 11.8. The van der Waals surface area contributed by atoms with E-state index >= 15 is 0 Å². The van der Waals surface area contributed by atoms with Crippen molar-refractivity contribution in [2.24, 2.45) is 0 Å². The van der Waals surface area contributed by atoms with E-state index in [0.717, 1.165) is 10.8 Å². The Balaban J connectivity index is 1.76. The Labute approximate surface area is 145 Å². The zero-order valence-corrected chi connectivity index (χ0v) is 14.0. The van der Waals surface area contributed by atoms with Crippen molar-refractivity contribution in [2.45, 2.75) is 13.2 Å². The van der Waals surface area contributed by atoms with Gasteiger partial charge >= 0.3 is 5.97 Å². The molecule has 1 atom stereocenters. The zero-order chi connectivity index (χ0) is 17.8. The number of carbonyl (C=O) groups excluding carboxylic acids is 1. The van der Waals surface area contributed by atoms with E-state index in [-0.39, 0.29) is 12.0 Å². The molecule has 25 heavy (non-hydrogen) atoms. The van der Waals surface area contributed by atoms with Crippen LogP contribution in [-0.2, 0) is 4.74 Å². The number of fused-ring (bicyclic) bond motifs is 1. The third-order valence-electron chi connectivity index (χ3n) is 3.80. The Morgan fingerprint density at radius 3 is 2.56 bits per heavy atom. The van der Waals surface area contributed by atoms with Crippen LogP contribution in [0.15, 0.2) is 60.7 Å². The number of benzene rings is 3. The first-order valence-corrected chi connectivity index (χ1v) is 7.90. The summed E-state index contributed by atoms with van der Waals surface area (Å²) in [6, 6.07) is 17.9. The van der Waals surface area contributed by atoms with E-state index in [2.05, 4.69) is 5.32 Å². The number of esters is 1. The molecule has 0 fully saturated rings. The van der Waals surface area contributed by atoms with Crippen molar-refractivity contribution in [3.05, 3.63) is 66.2 Å². The maximum Gasteiger partial charge on any atom is 0.339 e. The lowest BCUT2D eigenvalue weighted by molar-refractivity contribution is 0.0601. The van der Waals surface area contributed by atoms with Gasteiger partial charge in [-0.25, -0.2) is 4.79 Å². The van der Waals surface area contributed by atoms with Gasteiger partial charge in [-0.2, -0.15) is 0 Å². The predicted molar refractivity (Wildman–Crippen MR) is 97.1 cm³/mol. The summed E-state index contributed by atoms with van der Waals surface area (Å²) in [6.45, 7) is 1.86. The minimum Gasteiger partial charge on any atom is -0.508 e. The Bertz CT molecular complexity index is 907. The predicted octanol–water partition coefficient (Wildman–Crippen LogP) is 4.17. The van der Waals surface area contributed by atoms with Crippen LogP contribution in [0, 0.1) is 0 Å². The fraction of sp³-hybridized carbons (Fsp3) is 0.150. The van der Waals surface area contributed by atoms with Crippen molar-refractivity contribution in [3.8, 4) is 11.5 Å². The van der Waals surface area contributed by atoms with Gasteiger partial charge in [0.05, 0.1) is 18.4 Å². The maximum atomic E-state index is 11.8. The molecule has 0 bridgehead atoms. The fourth-order valence-electron chi connectivity index (χ4n) is 2.63. The van der Waals surface area contributed by atoms with E-state index in [4.69, 9.17) is 9.47 Å². The molecule has 5 heteroatoms. The third kappa shape index (κ3) is 3.83. The quantitative estimate of drug-likeness (QED) is 0.540. The summed E-state index contributed by atoms with van der Waals surface area (Å²) < 4.78 is 10.7. The molecule has 0 amide bonds. The van der Waals surface area contributed by atoms with Crippen molar-refractivity contribution in [3.63, 3.8) is 0 Å². The summed E-state index contributed by atoms with van der Waals surface area (Å²) in [5.74, 6) is 0.519. The van der Waals surface area contributed by atoms with Crippen LogP contribution in [0.4, 0.5) is 5.69 Å². The molecule has 2 N–H and O–H groups in total. The van der Waals surface area contributed by atoms with E-state index in [1.54, 1.807) is 30.3 Å². The van der Waals surface area contributed by atoms with Crippen LogP contribution in [-0.4, -0.2) is 24.4 Å². The van der Waals surface area contributed by atoms with E-state index in [9.17, 15) is 9.90 Å². The van der Waals surface area contributed by atoms with Crippen molar-refractivity contribution < 1.29 is 19.4 Å². The van der Waals surface area contributed by atoms with Crippen LogP contribution in [0.25, 0.3) is 10.8 Å². The zero-order valence-electron chi connectivity index (χ0n) is 14.0. The van der Waals surface area contributed by atoms with Crippen molar-refractivity contribution in [1.82, 2.24) is 0 Å². The van der Waals surface area contributed by atoms with Gasteiger partial charge in [0, 0.05) is 0 Å². The molecule has 0 aliphatic carbocycles. The minimum absolute atomic E-state index is 0.232. The van der Waals surface area contributed by atoms with Gasteiger partial charge in [0.1, 0.15) is 11.5 Å². The number of hydrogen-bond acceptors (Lipinski definition) is 5. The molecule has 0 heterocycles. The average Bonchev–Trinajstić information content (AvgIpc) is 2.61. The Morgan fingerprint density at radius 2 is 1.76 bits per heavy atom. The number of hydrogen-bond donors (Lipinski definition) is 2. The number of ether oxygens (including phenoxy) is 2. The number of anilines is 1. The van der Waals surface area contributed by atoms with E-state index < -0.39 is 5.97 Å². The van der Waals surface area contributed by atoms with Gasteiger partial charge in [-0.3, -0.25) is 0 Å². The summed E-state index contributed by atoms with van der Waals surface area (Å²) in [5.41, 5.74) is 1.10. The minimum atomic E-state index is -0.402. The number of phenolic OH excluding ortho intramolecular Hbond substituents is 1. The van der Waals surface area contributed by atoms with Crippen molar-refractivity contribution in [1.29, 1.82) is 0 Å². The molecule has 0 radical (unpaired) electrons. The lowest BCUT2D eigenvalue weighted by Gasteiger charge is -2.19. The highest BCUT2D eigenvalue weighted by Gasteiger charge is 2.13. The van der Waals surface area contributed by atoms with Crippen LogP contribution in [0.1, 0.15) is 17.3 Å². The molecule has 3 aromatic rings. The number of carbonyl (C=O) groups is 1. The second-order valence-corrected chi connectivity index (χ2v) is 5.63. The molecule has 1 unspecified atom stereocenters. The third-order valence-corrected chi connectivity index (χ3v) is 3.80. The summed E-state index contributed by atoms with van der Waals surface area (Å²) >= 11 is 0. The van der Waals surface area contributed by atoms with Gasteiger partial charge in [0.2, 0.25) is 0 Å². The van der Waals surface area contributed by atoms with Crippen LogP contribution in [0.3, 0.4) is 0 Å². The Morgan fingerprint density at radius 1 is 1.04 bits per heavy atom. The van der Waals surface area contributed by atoms with Crippen molar-refractivity contribution >= 4 is 22.4 Å². The van der Waals surface area contributed by atoms with E-state index in [0.29, 0.717) is 17.0 Å². The highest BCUT2D eigenvalue weighted by Crippen LogP contribution is 2.25. The number of rotatable bonds is 5. The molecule has 0 aromatic heterocycles. The Kier molecular flexibility index (Phi) is 4.75. The number of phenols is 1. The number of aromatic hydroxyl groups is 1. The SMILES string of the molecule is COC(=O)c1ccccc1NC(C)Oc1ccc2cc(O)ccc2c1. The van der Waals surface area contributed by atoms with Gasteiger partial charge in [0.25, 0.3) is 0 Å². The highest BCUT2D eigenvalue weighted by molar-refractivity contribution is 5.95. The summed E-state index contributed by atoms with van der Waals surface area (Å²) in [5, 5.41) is 14.6. The van der Waals surface area contributed by atoms with Crippen LogP contribution < -0.4 is 10.1 Å². The van der Waals surface area contributed by atoms with Gasteiger partial charge in [-0.05, 0) is 54.1 Å². The van der Waals surface area contributed by atoms with Crippen LogP contribution >= 0.6 is 0 Å². The molecule has 0 saturated carbocycles. The monoisotopic (exact) mass is 337 g/mol. The molecule has 3 aromatic carbocycles. The smallest absolute Gasteiger partial charge is 0.339 e. The van der Waals surface area contributed by atoms with Crippen LogP contribution in [0.2, 0.25) is 0 Å². The highest BCUT2D eigenvalue weighted by atomic mass is 16.5. The molecule has 3 rings (SSSR count). The largest absolute Gasteiger partial charge is 0.508 e. The number of para-hydroxylation sites is 1. The summed E-state index contributed by atoms with van der Waals surface area (Å²) in [7, 11) is 1.35. The van der Waals surface area contributed by atoms with Gasteiger partial charge in [-0.15, -0.1) is 0 Å². The average molecular weight is 337 g/mol. The first-order valence-electron chi connectivity index (χ1n) is 7.90.